The summed E-state index contributed by atoms with van der Waals surface area (Å²) in [6.07, 6.45) is 6.61. The molecule has 0 unspecified atom stereocenters. The lowest BCUT2D eigenvalue weighted by molar-refractivity contribution is 0.367. The zero-order chi connectivity index (χ0) is 23.9. The second kappa shape index (κ2) is 11.2. The Balaban J connectivity index is 0.000000244. The van der Waals surface area contributed by atoms with Gasteiger partial charge in [0.2, 0.25) is 0 Å². The van der Waals surface area contributed by atoms with Crippen molar-refractivity contribution in [3.63, 3.8) is 0 Å². The first-order valence-electron chi connectivity index (χ1n) is 12.0. The summed E-state index contributed by atoms with van der Waals surface area (Å²) in [7, 11) is 0. The maximum Gasteiger partial charge on any atom is 0.123 e. The Morgan fingerprint density at radius 3 is 1.72 bits per heavy atom. The molecule has 0 aromatic heterocycles. The quantitative estimate of drug-likeness (QED) is 0.452. The van der Waals surface area contributed by atoms with Gasteiger partial charge in [-0.15, -0.1) is 0 Å². The van der Waals surface area contributed by atoms with Crippen molar-refractivity contribution in [2.24, 2.45) is 5.73 Å². The molecule has 4 heteroatoms. The Bertz CT molecular complexity index is 857. The Labute approximate surface area is 195 Å². The van der Waals surface area contributed by atoms with Crippen molar-refractivity contribution in [1.29, 1.82) is 0 Å². The molecule has 1 saturated carbocycles. The Morgan fingerprint density at radius 2 is 1.25 bits per heavy atom. The summed E-state index contributed by atoms with van der Waals surface area (Å²) in [4.78, 5) is 0. The highest BCUT2D eigenvalue weighted by Crippen LogP contribution is 2.34. The molecule has 0 bridgehead atoms. The SMILES string of the molecule is CC(C)(C)c1cccc(CN)c1O.CC(C)(C)c1cccc(CNC2CCCCC2)c1O. The van der Waals surface area contributed by atoms with Crippen molar-refractivity contribution < 1.29 is 10.2 Å². The van der Waals surface area contributed by atoms with Crippen molar-refractivity contribution in [2.75, 3.05) is 0 Å². The molecule has 4 nitrogen and oxygen atoms in total. The van der Waals surface area contributed by atoms with E-state index < -0.39 is 0 Å². The summed E-state index contributed by atoms with van der Waals surface area (Å²) in [5, 5.41) is 23.9. The predicted molar refractivity (Wildman–Crippen MR) is 135 cm³/mol. The molecule has 1 aliphatic rings. The van der Waals surface area contributed by atoms with Gasteiger partial charge >= 0.3 is 0 Å². The Morgan fingerprint density at radius 1 is 0.781 bits per heavy atom. The Kier molecular flexibility index (Phi) is 9.18. The maximum atomic E-state index is 10.4. The second-order valence-corrected chi connectivity index (χ2v) is 11.0. The van der Waals surface area contributed by atoms with E-state index in [1.165, 1.54) is 32.1 Å². The minimum absolute atomic E-state index is 0.00900. The van der Waals surface area contributed by atoms with Gasteiger partial charge < -0.3 is 21.3 Å². The normalized spacial score (nSPS) is 15.2. The van der Waals surface area contributed by atoms with Gasteiger partial charge in [0.25, 0.3) is 0 Å². The van der Waals surface area contributed by atoms with Crippen LogP contribution in [0, 0.1) is 0 Å². The van der Waals surface area contributed by atoms with E-state index in [1.807, 2.05) is 30.3 Å². The lowest BCUT2D eigenvalue weighted by atomic mass is 9.85. The molecule has 0 heterocycles. The number of benzene rings is 2. The molecule has 32 heavy (non-hydrogen) atoms. The Hall–Kier alpha value is -2.04. The molecule has 3 rings (SSSR count). The number of hydrogen-bond acceptors (Lipinski definition) is 4. The number of rotatable bonds is 4. The number of nitrogens with two attached hydrogens (primary N) is 1. The van der Waals surface area contributed by atoms with Crippen molar-refractivity contribution in [1.82, 2.24) is 5.32 Å². The first-order valence-corrected chi connectivity index (χ1v) is 12.0. The standard InChI is InChI=1S/C17H27NO.C11H17NO/c1-17(2,3)15-11-7-8-13(16(15)19)12-18-14-9-5-4-6-10-14;1-11(2,3)9-6-4-5-8(7-12)10(9)13/h7-8,11,14,18-19H,4-6,9-10,12H2,1-3H3;4-6,13H,7,12H2,1-3H3. The van der Waals surface area contributed by atoms with Crippen LogP contribution in [0.25, 0.3) is 0 Å². The van der Waals surface area contributed by atoms with E-state index in [4.69, 9.17) is 5.73 Å². The van der Waals surface area contributed by atoms with Crippen molar-refractivity contribution >= 4 is 0 Å². The van der Waals surface area contributed by atoms with E-state index in [0.29, 0.717) is 24.1 Å². The van der Waals surface area contributed by atoms with Crippen LogP contribution in [0.1, 0.15) is 95.9 Å². The maximum absolute atomic E-state index is 10.4. The number of phenols is 2. The van der Waals surface area contributed by atoms with E-state index in [2.05, 4.69) is 52.9 Å². The monoisotopic (exact) mass is 440 g/mol. The molecule has 5 N–H and O–H groups in total. The van der Waals surface area contributed by atoms with Gasteiger partial charge in [-0.2, -0.15) is 0 Å². The molecule has 0 radical (unpaired) electrons. The zero-order valence-corrected chi connectivity index (χ0v) is 21.0. The molecular weight excluding hydrogens is 396 g/mol. The molecule has 2 aromatic carbocycles. The fraction of sp³-hybridized carbons (Fsp3) is 0.571. The molecule has 178 valence electrons. The number of para-hydroxylation sites is 2. The van der Waals surface area contributed by atoms with Crippen LogP contribution < -0.4 is 11.1 Å². The van der Waals surface area contributed by atoms with Crippen LogP contribution in [-0.4, -0.2) is 16.3 Å². The lowest BCUT2D eigenvalue weighted by Gasteiger charge is -2.25. The molecule has 0 saturated heterocycles. The molecule has 0 amide bonds. The van der Waals surface area contributed by atoms with E-state index in [0.717, 1.165) is 28.8 Å². The highest BCUT2D eigenvalue weighted by atomic mass is 16.3. The summed E-state index contributed by atoms with van der Waals surface area (Å²) in [5.41, 5.74) is 9.29. The third-order valence-electron chi connectivity index (χ3n) is 6.26. The van der Waals surface area contributed by atoms with Gasteiger partial charge in [0.1, 0.15) is 11.5 Å². The van der Waals surface area contributed by atoms with E-state index >= 15 is 0 Å². The molecule has 0 aliphatic heterocycles. The van der Waals surface area contributed by atoms with Gasteiger partial charge in [0.05, 0.1) is 0 Å². The largest absolute Gasteiger partial charge is 0.507 e. The molecule has 2 aromatic rings. The summed E-state index contributed by atoms with van der Waals surface area (Å²) >= 11 is 0. The van der Waals surface area contributed by atoms with Crippen LogP contribution in [0.5, 0.6) is 11.5 Å². The van der Waals surface area contributed by atoms with Crippen LogP contribution in [0.15, 0.2) is 36.4 Å². The third-order valence-corrected chi connectivity index (χ3v) is 6.26. The summed E-state index contributed by atoms with van der Waals surface area (Å²) < 4.78 is 0. The number of nitrogens with one attached hydrogen (secondary N) is 1. The van der Waals surface area contributed by atoms with Crippen LogP contribution in [0.3, 0.4) is 0 Å². The summed E-state index contributed by atoms with van der Waals surface area (Å²) in [5.74, 6) is 0.816. The van der Waals surface area contributed by atoms with Crippen LogP contribution in [0.4, 0.5) is 0 Å². The predicted octanol–water partition coefficient (Wildman–Crippen LogP) is 6.26. The zero-order valence-electron chi connectivity index (χ0n) is 21.0. The van der Waals surface area contributed by atoms with Crippen molar-refractivity contribution in [2.45, 2.75) is 104 Å². The van der Waals surface area contributed by atoms with Gasteiger partial charge in [0.15, 0.2) is 0 Å². The molecule has 0 atom stereocenters. The smallest absolute Gasteiger partial charge is 0.123 e. The highest BCUT2D eigenvalue weighted by Gasteiger charge is 2.21. The summed E-state index contributed by atoms with van der Waals surface area (Å²) in [6.45, 7) is 13.8. The van der Waals surface area contributed by atoms with Crippen LogP contribution in [-0.2, 0) is 23.9 Å². The first kappa shape index (κ1) is 26.2. The van der Waals surface area contributed by atoms with Crippen molar-refractivity contribution in [3.8, 4) is 11.5 Å². The molecule has 1 aliphatic carbocycles. The summed E-state index contributed by atoms with van der Waals surface area (Å²) in [6, 6.07) is 12.5. The van der Waals surface area contributed by atoms with E-state index in [1.54, 1.807) is 0 Å². The third kappa shape index (κ3) is 7.25. The number of phenolic OH excluding ortho intramolecular Hbond substituents is 2. The van der Waals surface area contributed by atoms with Gasteiger partial charge in [-0.1, -0.05) is 97.2 Å². The molecular formula is C28H44N2O2. The van der Waals surface area contributed by atoms with Gasteiger partial charge in [-0.05, 0) is 34.8 Å². The fourth-order valence-corrected chi connectivity index (χ4v) is 4.26. The molecule has 0 spiro atoms. The average Bonchev–Trinajstić information content (AvgIpc) is 2.73. The van der Waals surface area contributed by atoms with Gasteiger partial charge in [-0.25, -0.2) is 0 Å². The number of aromatic hydroxyl groups is 2. The van der Waals surface area contributed by atoms with Crippen LogP contribution in [0.2, 0.25) is 0 Å². The average molecular weight is 441 g/mol. The minimum atomic E-state index is -0.0325. The van der Waals surface area contributed by atoms with Crippen molar-refractivity contribution in [3.05, 3.63) is 58.7 Å². The minimum Gasteiger partial charge on any atom is -0.507 e. The van der Waals surface area contributed by atoms with E-state index in [-0.39, 0.29) is 10.8 Å². The van der Waals surface area contributed by atoms with E-state index in [9.17, 15) is 10.2 Å². The number of hydrogen-bond donors (Lipinski definition) is 4. The topological polar surface area (TPSA) is 78.5 Å². The van der Waals surface area contributed by atoms with Gasteiger partial charge in [0, 0.05) is 30.3 Å². The second-order valence-electron chi connectivity index (χ2n) is 11.0. The lowest BCUT2D eigenvalue weighted by Crippen LogP contribution is -2.30. The van der Waals surface area contributed by atoms with Gasteiger partial charge in [-0.3, -0.25) is 0 Å². The highest BCUT2D eigenvalue weighted by molar-refractivity contribution is 5.44. The first-order chi connectivity index (χ1) is 14.9. The van der Waals surface area contributed by atoms with Crippen LogP contribution >= 0.6 is 0 Å². The molecule has 1 fully saturated rings. The fourth-order valence-electron chi connectivity index (χ4n) is 4.26.